The molecular formula is C21H17ClN2O3S. The molecule has 2 aromatic heterocycles. The Labute approximate surface area is 171 Å². The average Bonchev–Trinajstić information content (AvgIpc) is 3.36. The number of benzene rings is 2. The van der Waals surface area contributed by atoms with Crippen molar-refractivity contribution in [3.8, 4) is 5.75 Å². The van der Waals surface area contributed by atoms with Gasteiger partial charge in [0.1, 0.15) is 17.0 Å². The first-order valence-electron chi connectivity index (χ1n) is 8.78. The van der Waals surface area contributed by atoms with Gasteiger partial charge in [-0.3, -0.25) is 9.69 Å². The zero-order valence-corrected chi connectivity index (χ0v) is 16.7. The fourth-order valence-corrected chi connectivity index (χ4v) is 4.06. The Morgan fingerprint density at radius 3 is 2.79 bits per heavy atom. The Balaban J connectivity index is 1.79. The number of amides is 1. The molecule has 0 unspecified atom stereocenters. The Hall–Kier alpha value is -2.83. The molecule has 0 saturated carbocycles. The monoisotopic (exact) mass is 412 g/mol. The first-order chi connectivity index (χ1) is 13.7. The van der Waals surface area contributed by atoms with Crippen LogP contribution in [0.15, 0.2) is 65.3 Å². The Kier molecular flexibility index (Phi) is 5.32. The number of ether oxygens (including phenoxy) is 1. The SMILES string of the molecule is CCOc1cccc2sc(N(Cc3ccco3)C(=O)c3ccccc3Cl)nc12. The van der Waals surface area contributed by atoms with Crippen LogP contribution in [0.25, 0.3) is 10.2 Å². The molecule has 1 amide bonds. The lowest BCUT2D eigenvalue weighted by molar-refractivity contribution is 0.0983. The summed E-state index contributed by atoms with van der Waals surface area (Å²) in [4.78, 5) is 19.6. The van der Waals surface area contributed by atoms with Gasteiger partial charge in [0, 0.05) is 0 Å². The molecule has 4 aromatic rings. The van der Waals surface area contributed by atoms with Crippen molar-refractivity contribution in [1.29, 1.82) is 0 Å². The highest BCUT2D eigenvalue weighted by Crippen LogP contribution is 2.35. The molecule has 28 heavy (non-hydrogen) atoms. The minimum absolute atomic E-state index is 0.237. The summed E-state index contributed by atoms with van der Waals surface area (Å²) in [5, 5.41) is 0.955. The zero-order valence-electron chi connectivity index (χ0n) is 15.1. The van der Waals surface area contributed by atoms with Crippen LogP contribution < -0.4 is 9.64 Å². The summed E-state index contributed by atoms with van der Waals surface area (Å²) in [6, 6.07) is 16.4. The van der Waals surface area contributed by atoms with E-state index < -0.39 is 0 Å². The number of hydrogen-bond donors (Lipinski definition) is 0. The number of halogens is 1. The number of nitrogens with zero attached hydrogens (tertiary/aromatic N) is 2. The number of hydrogen-bond acceptors (Lipinski definition) is 5. The number of anilines is 1. The normalized spacial score (nSPS) is 10.9. The van der Waals surface area contributed by atoms with Gasteiger partial charge in [0.15, 0.2) is 5.13 Å². The fourth-order valence-electron chi connectivity index (χ4n) is 2.86. The third kappa shape index (κ3) is 3.61. The standard InChI is InChI=1S/C21H17ClN2O3S/c1-2-26-17-10-5-11-18-19(17)23-21(28-18)24(13-14-7-6-12-27-14)20(25)15-8-3-4-9-16(15)22/h3-12H,2,13H2,1H3. The van der Waals surface area contributed by atoms with Gasteiger partial charge in [0.25, 0.3) is 5.91 Å². The van der Waals surface area contributed by atoms with E-state index in [1.54, 1.807) is 41.5 Å². The molecule has 0 N–H and O–H groups in total. The number of aromatic nitrogens is 1. The van der Waals surface area contributed by atoms with Crippen molar-refractivity contribution in [2.75, 3.05) is 11.5 Å². The molecule has 0 aliphatic carbocycles. The van der Waals surface area contributed by atoms with Crippen LogP contribution in [0.4, 0.5) is 5.13 Å². The summed E-state index contributed by atoms with van der Waals surface area (Å²) in [7, 11) is 0. The quantitative estimate of drug-likeness (QED) is 0.402. The van der Waals surface area contributed by atoms with Crippen LogP contribution in [0, 0.1) is 0 Å². The van der Waals surface area contributed by atoms with Gasteiger partial charge >= 0.3 is 0 Å². The van der Waals surface area contributed by atoms with Crippen LogP contribution >= 0.6 is 22.9 Å². The molecule has 0 aliphatic heterocycles. The highest BCUT2D eigenvalue weighted by atomic mass is 35.5. The highest BCUT2D eigenvalue weighted by molar-refractivity contribution is 7.22. The van der Waals surface area contributed by atoms with Crippen LogP contribution in [-0.2, 0) is 6.54 Å². The lowest BCUT2D eigenvalue weighted by Crippen LogP contribution is -2.30. The molecule has 2 aromatic carbocycles. The number of para-hydroxylation sites is 1. The van der Waals surface area contributed by atoms with Crippen molar-refractivity contribution >= 4 is 44.2 Å². The summed E-state index contributed by atoms with van der Waals surface area (Å²) in [6.45, 7) is 2.72. The van der Waals surface area contributed by atoms with Gasteiger partial charge in [0.05, 0.1) is 34.7 Å². The van der Waals surface area contributed by atoms with Crippen LogP contribution in [0.3, 0.4) is 0 Å². The molecular weight excluding hydrogens is 396 g/mol. The van der Waals surface area contributed by atoms with E-state index in [4.69, 9.17) is 25.7 Å². The summed E-state index contributed by atoms with van der Waals surface area (Å²) >= 11 is 7.70. The third-order valence-electron chi connectivity index (χ3n) is 4.14. The van der Waals surface area contributed by atoms with Gasteiger partial charge in [0.2, 0.25) is 0 Å². The van der Waals surface area contributed by atoms with E-state index in [1.807, 2.05) is 31.2 Å². The minimum Gasteiger partial charge on any atom is -0.492 e. The Morgan fingerprint density at radius 1 is 1.18 bits per heavy atom. The molecule has 4 rings (SSSR count). The van der Waals surface area contributed by atoms with Gasteiger partial charge in [-0.15, -0.1) is 0 Å². The number of rotatable bonds is 6. The predicted molar refractivity (Wildman–Crippen MR) is 111 cm³/mol. The molecule has 142 valence electrons. The van der Waals surface area contributed by atoms with Gasteiger partial charge in [-0.05, 0) is 43.3 Å². The van der Waals surface area contributed by atoms with Gasteiger partial charge in [-0.1, -0.05) is 41.1 Å². The van der Waals surface area contributed by atoms with E-state index in [1.165, 1.54) is 11.3 Å². The molecule has 0 radical (unpaired) electrons. The third-order valence-corrected chi connectivity index (χ3v) is 5.52. The summed E-state index contributed by atoms with van der Waals surface area (Å²) in [5.41, 5.74) is 1.15. The lowest BCUT2D eigenvalue weighted by atomic mass is 10.2. The number of fused-ring (bicyclic) bond motifs is 1. The highest BCUT2D eigenvalue weighted by Gasteiger charge is 2.25. The molecule has 0 saturated heterocycles. The second-order valence-corrected chi connectivity index (χ2v) is 7.40. The largest absolute Gasteiger partial charge is 0.492 e. The number of carbonyl (C=O) groups is 1. The molecule has 7 heteroatoms. The molecule has 0 fully saturated rings. The first kappa shape index (κ1) is 18.5. The second kappa shape index (κ2) is 8.04. The van der Waals surface area contributed by atoms with Crippen LogP contribution in [-0.4, -0.2) is 17.5 Å². The van der Waals surface area contributed by atoms with E-state index in [2.05, 4.69) is 0 Å². The molecule has 0 aliphatic rings. The predicted octanol–water partition coefficient (Wildman–Crippen LogP) is 5.79. The summed E-state index contributed by atoms with van der Waals surface area (Å²) < 4.78 is 12.1. The molecule has 0 atom stereocenters. The molecule has 5 nitrogen and oxygen atoms in total. The minimum atomic E-state index is -0.237. The second-order valence-electron chi connectivity index (χ2n) is 5.98. The van der Waals surface area contributed by atoms with E-state index in [0.717, 1.165) is 10.2 Å². The first-order valence-corrected chi connectivity index (χ1v) is 9.98. The van der Waals surface area contributed by atoms with E-state index in [9.17, 15) is 4.79 Å². The van der Waals surface area contributed by atoms with Gasteiger partial charge in [-0.25, -0.2) is 4.98 Å². The van der Waals surface area contributed by atoms with Crippen molar-refractivity contribution in [1.82, 2.24) is 4.98 Å². The maximum Gasteiger partial charge on any atom is 0.262 e. The lowest BCUT2D eigenvalue weighted by Gasteiger charge is -2.19. The molecule has 2 heterocycles. The van der Waals surface area contributed by atoms with Gasteiger partial charge < -0.3 is 9.15 Å². The van der Waals surface area contributed by atoms with Crippen molar-refractivity contribution < 1.29 is 13.9 Å². The number of thiazole rings is 1. The summed E-state index contributed by atoms with van der Waals surface area (Å²) in [6.07, 6.45) is 1.58. The summed E-state index contributed by atoms with van der Waals surface area (Å²) in [5.74, 6) is 1.12. The fraction of sp³-hybridized carbons (Fsp3) is 0.143. The smallest absolute Gasteiger partial charge is 0.262 e. The Bertz CT molecular complexity index is 1110. The van der Waals surface area contributed by atoms with E-state index in [-0.39, 0.29) is 12.5 Å². The van der Waals surface area contributed by atoms with Crippen molar-refractivity contribution in [2.24, 2.45) is 0 Å². The van der Waals surface area contributed by atoms with E-state index >= 15 is 0 Å². The number of furan rings is 1. The van der Waals surface area contributed by atoms with E-state index in [0.29, 0.717) is 33.8 Å². The van der Waals surface area contributed by atoms with Crippen molar-refractivity contribution in [3.05, 3.63) is 77.2 Å². The van der Waals surface area contributed by atoms with Crippen molar-refractivity contribution in [2.45, 2.75) is 13.5 Å². The zero-order chi connectivity index (χ0) is 19.5. The van der Waals surface area contributed by atoms with Crippen LogP contribution in [0.1, 0.15) is 23.0 Å². The Morgan fingerprint density at radius 2 is 2.04 bits per heavy atom. The van der Waals surface area contributed by atoms with Crippen LogP contribution in [0.5, 0.6) is 5.75 Å². The van der Waals surface area contributed by atoms with Gasteiger partial charge in [-0.2, -0.15) is 0 Å². The molecule has 0 bridgehead atoms. The maximum atomic E-state index is 13.3. The van der Waals surface area contributed by atoms with Crippen LogP contribution in [0.2, 0.25) is 5.02 Å². The average molecular weight is 413 g/mol. The topological polar surface area (TPSA) is 55.6 Å². The number of carbonyl (C=O) groups excluding carboxylic acids is 1. The molecule has 0 spiro atoms. The van der Waals surface area contributed by atoms with Crippen molar-refractivity contribution in [3.63, 3.8) is 0 Å². The maximum absolute atomic E-state index is 13.3.